The highest BCUT2D eigenvalue weighted by Crippen LogP contribution is 2.15. The summed E-state index contributed by atoms with van der Waals surface area (Å²) in [6.45, 7) is 3.40. The number of aliphatic hydroxyl groups is 1. The minimum atomic E-state index is -3.38. The molecule has 0 saturated carbocycles. The minimum absolute atomic E-state index is 0.0716. The summed E-state index contributed by atoms with van der Waals surface area (Å²) in [4.78, 5) is 0. The molecular weight excluding hydrogens is 226 g/mol. The van der Waals surface area contributed by atoms with Crippen LogP contribution in [-0.4, -0.2) is 25.9 Å². The van der Waals surface area contributed by atoms with Crippen LogP contribution in [0.1, 0.15) is 12.5 Å². The Kier molecular flexibility index (Phi) is 4.32. The van der Waals surface area contributed by atoms with Crippen molar-refractivity contribution in [3.63, 3.8) is 0 Å². The summed E-state index contributed by atoms with van der Waals surface area (Å²) in [6.07, 6.45) is 0. The van der Waals surface area contributed by atoms with E-state index in [0.717, 1.165) is 5.56 Å². The fraction of sp³-hybridized carbons (Fsp3) is 0.455. The van der Waals surface area contributed by atoms with Crippen molar-refractivity contribution < 1.29 is 13.5 Å². The quantitative estimate of drug-likeness (QED) is 0.820. The van der Waals surface area contributed by atoms with Gasteiger partial charge in [-0.2, -0.15) is 0 Å². The summed E-state index contributed by atoms with van der Waals surface area (Å²) >= 11 is 0. The van der Waals surface area contributed by atoms with E-state index in [2.05, 4.69) is 4.72 Å². The molecular formula is C11H17NO3S. The van der Waals surface area contributed by atoms with Gasteiger partial charge in [0.25, 0.3) is 0 Å². The van der Waals surface area contributed by atoms with Gasteiger partial charge in [0.05, 0.1) is 11.4 Å². The molecule has 0 heterocycles. The van der Waals surface area contributed by atoms with Crippen LogP contribution in [0.3, 0.4) is 0 Å². The van der Waals surface area contributed by atoms with Crippen LogP contribution in [0.2, 0.25) is 0 Å². The fourth-order valence-electron chi connectivity index (χ4n) is 1.32. The van der Waals surface area contributed by atoms with Gasteiger partial charge in [-0.1, -0.05) is 25.1 Å². The molecule has 0 aromatic heterocycles. The van der Waals surface area contributed by atoms with Crippen molar-refractivity contribution in [2.75, 3.05) is 17.1 Å². The van der Waals surface area contributed by atoms with E-state index >= 15 is 0 Å². The molecule has 1 aromatic rings. The number of para-hydroxylation sites is 1. The van der Waals surface area contributed by atoms with E-state index in [0.29, 0.717) is 5.69 Å². The Hall–Kier alpha value is -1.07. The second-order valence-electron chi connectivity index (χ2n) is 3.99. The monoisotopic (exact) mass is 243 g/mol. The molecule has 90 valence electrons. The van der Waals surface area contributed by atoms with Gasteiger partial charge in [0.15, 0.2) is 0 Å². The third kappa shape index (κ3) is 3.83. The molecule has 1 aromatic carbocycles. The van der Waals surface area contributed by atoms with Crippen LogP contribution in [-0.2, 0) is 10.0 Å². The van der Waals surface area contributed by atoms with E-state index < -0.39 is 10.0 Å². The predicted octanol–water partition coefficient (Wildman–Crippen LogP) is 1.37. The van der Waals surface area contributed by atoms with Gasteiger partial charge in [-0.05, 0) is 24.5 Å². The molecule has 0 amide bonds. The first-order chi connectivity index (χ1) is 7.44. The Morgan fingerprint density at radius 2 is 2.00 bits per heavy atom. The van der Waals surface area contributed by atoms with Gasteiger partial charge in [-0.25, -0.2) is 8.42 Å². The summed E-state index contributed by atoms with van der Waals surface area (Å²) in [5, 5.41) is 8.83. The molecule has 1 atom stereocenters. The van der Waals surface area contributed by atoms with Crippen LogP contribution in [0, 0.1) is 12.8 Å². The summed E-state index contributed by atoms with van der Waals surface area (Å²) in [5.74, 6) is -0.334. The average Bonchev–Trinajstić information content (AvgIpc) is 2.20. The van der Waals surface area contributed by atoms with Crippen molar-refractivity contribution in [2.24, 2.45) is 5.92 Å². The summed E-state index contributed by atoms with van der Waals surface area (Å²) in [6, 6.07) is 7.19. The first-order valence-corrected chi connectivity index (χ1v) is 6.77. The van der Waals surface area contributed by atoms with Crippen LogP contribution in [0.25, 0.3) is 0 Å². The lowest BCUT2D eigenvalue weighted by Crippen LogP contribution is -2.23. The number of hydrogen-bond acceptors (Lipinski definition) is 3. The normalized spacial score (nSPS) is 13.4. The van der Waals surface area contributed by atoms with Gasteiger partial charge < -0.3 is 5.11 Å². The minimum Gasteiger partial charge on any atom is -0.396 e. The first kappa shape index (κ1) is 13.0. The Balaban J connectivity index is 2.77. The number of sulfonamides is 1. The van der Waals surface area contributed by atoms with Crippen molar-refractivity contribution in [1.82, 2.24) is 0 Å². The van der Waals surface area contributed by atoms with E-state index in [4.69, 9.17) is 5.11 Å². The third-order valence-corrected chi connectivity index (χ3v) is 3.76. The van der Waals surface area contributed by atoms with E-state index in [9.17, 15) is 8.42 Å². The molecule has 16 heavy (non-hydrogen) atoms. The molecule has 1 rings (SSSR count). The van der Waals surface area contributed by atoms with Crippen LogP contribution >= 0.6 is 0 Å². The molecule has 0 aliphatic rings. The van der Waals surface area contributed by atoms with Crippen LogP contribution in [0.4, 0.5) is 5.69 Å². The Morgan fingerprint density at radius 3 is 2.56 bits per heavy atom. The smallest absolute Gasteiger partial charge is 0.233 e. The largest absolute Gasteiger partial charge is 0.396 e. The van der Waals surface area contributed by atoms with Gasteiger partial charge in [0.1, 0.15) is 0 Å². The summed E-state index contributed by atoms with van der Waals surface area (Å²) < 4.78 is 25.9. The predicted molar refractivity (Wildman–Crippen MR) is 64.8 cm³/mol. The maximum atomic E-state index is 11.7. The molecule has 0 aliphatic carbocycles. The summed E-state index contributed by atoms with van der Waals surface area (Å²) in [5.41, 5.74) is 1.47. The van der Waals surface area contributed by atoms with Crippen molar-refractivity contribution >= 4 is 15.7 Å². The molecule has 5 heteroatoms. The van der Waals surface area contributed by atoms with Crippen LogP contribution in [0.5, 0.6) is 0 Å². The number of hydrogen-bond donors (Lipinski definition) is 2. The average molecular weight is 243 g/mol. The maximum absolute atomic E-state index is 11.7. The molecule has 0 fully saturated rings. The van der Waals surface area contributed by atoms with E-state index in [-0.39, 0.29) is 18.3 Å². The van der Waals surface area contributed by atoms with Gasteiger partial charge >= 0.3 is 0 Å². The van der Waals surface area contributed by atoms with Crippen molar-refractivity contribution in [1.29, 1.82) is 0 Å². The highest BCUT2D eigenvalue weighted by molar-refractivity contribution is 7.92. The van der Waals surface area contributed by atoms with Crippen LogP contribution < -0.4 is 4.72 Å². The highest BCUT2D eigenvalue weighted by atomic mass is 32.2. The van der Waals surface area contributed by atoms with Gasteiger partial charge in [0.2, 0.25) is 10.0 Å². The van der Waals surface area contributed by atoms with Crippen LogP contribution in [0.15, 0.2) is 24.3 Å². The molecule has 0 aliphatic heterocycles. The number of benzene rings is 1. The Bertz CT molecular complexity index is 442. The number of rotatable bonds is 5. The maximum Gasteiger partial charge on any atom is 0.233 e. The van der Waals surface area contributed by atoms with Gasteiger partial charge in [0, 0.05) is 6.61 Å². The zero-order valence-electron chi connectivity index (χ0n) is 9.47. The molecule has 1 unspecified atom stereocenters. The standard InChI is InChI=1S/C11H17NO3S/c1-9(7-13)8-16(14,15)12-11-6-4-3-5-10(11)2/h3-6,9,12-13H,7-8H2,1-2H3. The zero-order valence-corrected chi connectivity index (χ0v) is 10.3. The lowest BCUT2D eigenvalue weighted by atomic mass is 10.2. The van der Waals surface area contributed by atoms with E-state index in [1.54, 1.807) is 19.1 Å². The van der Waals surface area contributed by atoms with Crippen molar-refractivity contribution in [2.45, 2.75) is 13.8 Å². The second kappa shape index (κ2) is 5.32. The van der Waals surface area contributed by atoms with Crippen molar-refractivity contribution in [3.05, 3.63) is 29.8 Å². The topological polar surface area (TPSA) is 66.4 Å². The third-order valence-electron chi connectivity index (χ3n) is 2.23. The second-order valence-corrected chi connectivity index (χ2v) is 5.75. The molecule has 0 spiro atoms. The molecule has 2 N–H and O–H groups in total. The lowest BCUT2D eigenvalue weighted by molar-refractivity contribution is 0.249. The van der Waals surface area contributed by atoms with Crippen molar-refractivity contribution in [3.8, 4) is 0 Å². The highest BCUT2D eigenvalue weighted by Gasteiger charge is 2.15. The summed E-state index contributed by atoms with van der Waals surface area (Å²) in [7, 11) is -3.38. The molecule has 0 radical (unpaired) electrons. The molecule has 0 saturated heterocycles. The molecule has 4 nitrogen and oxygen atoms in total. The number of anilines is 1. The lowest BCUT2D eigenvalue weighted by Gasteiger charge is -2.12. The Labute approximate surface area is 96.4 Å². The number of nitrogens with one attached hydrogen (secondary N) is 1. The van der Waals surface area contributed by atoms with E-state index in [1.807, 2.05) is 19.1 Å². The van der Waals surface area contributed by atoms with Gasteiger partial charge in [-0.3, -0.25) is 4.72 Å². The fourth-order valence-corrected chi connectivity index (χ4v) is 2.83. The van der Waals surface area contributed by atoms with E-state index in [1.165, 1.54) is 0 Å². The van der Waals surface area contributed by atoms with Gasteiger partial charge in [-0.15, -0.1) is 0 Å². The first-order valence-electron chi connectivity index (χ1n) is 5.11. The number of aliphatic hydroxyl groups excluding tert-OH is 1. The zero-order chi connectivity index (χ0) is 12.2. The number of aryl methyl sites for hydroxylation is 1. The Morgan fingerprint density at radius 1 is 1.38 bits per heavy atom. The molecule has 0 bridgehead atoms. The SMILES string of the molecule is Cc1ccccc1NS(=O)(=O)CC(C)CO.